The van der Waals surface area contributed by atoms with E-state index in [4.69, 9.17) is 86.6 Å². The van der Waals surface area contributed by atoms with Crippen LogP contribution in [0.3, 0.4) is 0 Å². The normalized spacial score (nSPS) is 26.0. The number of nitrogens with one attached hydrogen (secondary N) is 1. The number of fused-ring (bicyclic) bond motifs is 1. The largest absolute Gasteiger partial charge is 0.469 e. The predicted molar refractivity (Wildman–Crippen MR) is 275 cm³/mol. The number of amides is 1. The Balaban J connectivity index is 1.48. The fourth-order valence-corrected chi connectivity index (χ4v) is 14.1. The number of benzene rings is 3. The van der Waals surface area contributed by atoms with E-state index in [1.165, 1.54) is 14.0 Å². The Labute approximate surface area is 452 Å². The standard InChI is InChI=1S/C53H66Cl3NO17Si/c1-32(58)27-28-41(62)72-46-44(68-33(2)59)39(31-67-75(52(4,5)6,36-22-14-9-15-23-36)37-24-16-10-17-25-37)71-50(47(46)69-34(3)60)74-45-42(57-51(63)53(54,55)56)49(65-29-19-11-18-26-40(61)64-7)70-38-30-66-48(73-43(38)45)35-20-12-8-13-21-35/h8-10,12-17,20-25,38-39,42-50H,11,18-19,26-31H2,1-7H3,(H,57,63)/t38-,39-,42-,43-,44+,45-,46+,47-,48-,49-,50+/m1/s1. The maximum absolute atomic E-state index is 13.8. The van der Waals surface area contributed by atoms with Gasteiger partial charge in [0.15, 0.2) is 37.2 Å². The summed E-state index contributed by atoms with van der Waals surface area (Å²) in [5.74, 6) is -4.34. The Bertz CT molecular complexity index is 2340. The van der Waals surface area contributed by atoms with Gasteiger partial charge in [-0.05, 0) is 35.2 Å². The van der Waals surface area contributed by atoms with Crippen LogP contribution in [0.1, 0.15) is 91.9 Å². The van der Waals surface area contributed by atoms with Crippen LogP contribution in [-0.2, 0) is 80.6 Å². The van der Waals surface area contributed by atoms with Crippen molar-refractivity contribution < 1.29 is 80.6 Å². The quantitative estimate of drug-likeness (QED) is 0.0386. The highest BCUT2D eigenvalue weighted by molar-refractivity contribution is 6.99. The van der Waals surface area contributed by atoms with Crippen LogP contribution in [0.2, 0.25) is 5.04 Å². The fraction of sp³-hybridized carbons (Fsp3) is 0.547. The van der Waals surface area contributed by atoms with Gasteiger partial charge in [-0.15, -0.1) is 0 Å². The van der Waals surface area contributed by atoms with Crippen LogP contribution in [0.4, 0.5) is 0 Å². The molecule has 3 aliphatic rings. The van der Waals surface area contributed by atoms with Crippen molar-refractivity contribution in [3.8, 4) is 0 Å². The molecule has 410 valence electrons. The van der Waals surface area contributed by atoms with Crippen LogP contribution in [0.25, 0.3) is 0 Å². The third-order valence-corrected chi connectivity index (χ3v) is 18.3. The molecule has 0 aliphatic carbocycles. The lowest BCUT2D eigenvalue weighted by molar-refractivity contribution is -0.378. The molecular formula is C53H66Cl3NO17Si. The number of halogens is 3. The predicted octanol–water partition coefficient (Wildman–Crippen LogP) is 6.26. The van der Waals surface area contributed by atoms with Crippen molar-refractivity contribution in [3.05, 3.63) is 96.6 Å². The smallest absolute Gasteiger partial charge is 0.306 e. The molecule has 0 radical (unpaired) electrons. The van der Waals surface area contributed by atoms with Crippen molar-refractivity contribution in [2.45, 2.75) is 157 Å². The summed E-state index contributed by atoms with van der Waals surface area (Å²) < 4.78 is 67.3. The highest BCUT2D eigenvalue weighted by Crippen LogP contribution is 2.41. The van der Waals surface area contributed by atoms with Crippen LogP contribution in [0, 0.1) is 0 Å². The topological polar surface area (TPSA) is 216 Å². The minimum atomic E-state index is -3.41. The summed E-state index contributed by atoms with van der Waals surface area (Å²) >= 11 is 18.6. The molecule has 11 atom stereocenters. The molecule has 18 nitrogen and oxygen atoms in total. The molecule has 75 heavy (non-hydrogen) atoms. The van der Waals surface area contributed by atoms with Crippen LogP contribution in [0.15, 0.2) is 91.0 Å². The van der Waals surface area contributed by atoms with Gasteiger partial charge in [0, 0.05) is 38.9 Å². The number of rotatable bonds is 22. The van der Waals surface area contributed by atoms with Crippen molar-refractivity contribution in [1.29, 1.82) is 0 Å². The van der Waals surface area contributed by atoms with Crippen molar-refractivity contribution in [1.82, 2.24) is 5.32 Å². The van der Waals surface area contributed by atoms with Crippen molar-refractivity contribution in [3.63, 3.8) is 0 Å². The minimum Gasteiger partial charge on any atom is -0.469 e. The number of carbonyl (C=O) groups excluding carboxylic acids is 6. The Morgan fingerprint density at radius 1 is 0.667 bits per heavy atom. The number of ether oxygens (including phenoxy) is 10. The first-order valence-corrected chi connectivity index (χ1v) is 27.8. The molecule has 0 aromatic heterocycles. The van der Waals surface area contributed by atoms with E-state index < -0.39 is 109 Å². The average Bonchev–Trinajstić information content (AvgIpc) is 3.37. The third kappa shape index (κ3) is 15.8. The number of Topliss-reactive ketones (excluding diaryl/α,β-unsaturated/α-hetero) is 1. The molecule has 0 unspecified atom stereocenters. The second-order valence-corrected chi connectivity index (χ2v) is 26.0. The van der Waals surface area contributed by atoms with E-state index >= 15 is 0 Å². The van der Waals surface area contributed by atoms with Crippen LogP contribution < -0.4 is 15.7 Å². The lowest BCUT2D eigenvalue weighted by Crippen LogP contribution is -2.71. The van der Waals surface area contributed by atoms with Crippen molar-refractivity contribution in [2.75, 3.05) is 26.9 Å². The van der Waals surface area contributed by atoms with Crippen LogP contribution >= 0.6 is 34.8 Å². The number of esters is 4. The zero-order valence-corrected chi connectivity index (χ0v) is 46.2. The van der Waals surface area contributed by atoms with Crippen molar-refractivity contribution in [2.24, 2.45) is 0 Å². The van der Waals surface area contributed by atoms with E-state index in [1.54, 1.807) is 24.3 Å². The van der Waals surface area contributed by atoms with E-state index in [9.17, 15) is 28.8 Å². The summed E-state index contributed by atoms with van der Waals surface area (Å²) in [6.45, 7) is 9.41. The Morgan fingerprint density at radius 3 is 1.83 bits per heavy atom. The van der Waals surface area contributed by atoms with Crippen LogP contribution in [0.5, 0.6) is 0 Å². The lowest BCUT2D eigenvalue weighted by Gasteiger charge is -2.52. The van der Waals surface area contributed by atoms with E-state index in [-0.39, 0.29) is 50.8 Å². The molecule has 6 rings (SSSR count). The van der Waals surface area contributed by atoms with Gasteiger partial charge >= 0.3 is 23.9 Å². The van der Waals surface area contributed by atoms with E-state index in [1.807, 2.05) is 66.7 Å². The van der Waals surface area contributed by atoms with Gasteiger partial charge in [-0.1, -0.05) is 153 Å². The van der Waals surface area contributed by atoms with Gasteiger partial charge in [-0.25, -0.2) is 0 Å². The SMILES string of the molecule is COC(=O)CCCCCO[C@@H]1O[C@@H]2CO[C@@H](c3ccccc3)O[C@H]2[C@H](O[C@@H]2O[C@H](CO[Si](c3ccccc3)(c3ccccc3)C(C)(C)C)[C@H](OC(C)=O)[C@H](OC(=O)CCC(C)=O)[C@H]2OC(C)=O)[C@H]1NC(=O)C(Cl)(Cl)Cl. The third-order valence-electron chi connectivity index (χ3n) is 12.8. The van der Waals surface area contributed by atoms with Gasteiger partial charge in [0.2, 0.25) is 0 Å². The molecule has 1 N–H and O–H groups in total. The first-order valence-electron chi connectivity index (χ1n) is 24.8. The Hall–Kier alpha value is -4.51. The highest BCUT2D eigenvalue weighted by Gasteiger charge is 2.59. The number of hydrogen-bond donors (Lipinski definition) is 1. The van der Waals surface area contributed by atoms with Crippen LogP contribution in [-0.4, -0.2) is 136 Å². The molecule has 0 spiro atoms. The van der Waals surface area contributed by atoms with Crippen molar-refractivity contribution >= 4 is 89.1 Å². The summed E-state index contributed by atoms with van der Waals surface area (Å²) in [6, 6.07) is 27.0. The number of carbonyl (C=O) groups is 6. The van der Waals surface area contributed by atoms with Gasteiger partial charge in [0.1, 0.15) is 36.2 Å². The number of hydrogen-bond acceptors (Lipinski definition) is 17. The minimum absolute atomic E-state index is 0.0461. The molecule has 0 saturated carbocycles. The van der Waals surface area contributed by atoms with Gasteiger partial charge in [-0.3, -0.25) is 24.0 Å². The summed E-state index contributed by atoms with van der Waals surface area (Å²) in [4.78, 5) is 78.1. The number of alkyl halides is 3. The van der Waals surface area contributed by atoms with E-state index in [2.05, 4.69) is 26.1 Å². The Kier molecular flexibility index (Phi) is 21.7. The first kappa shape index (κ1) is 59.7. The summed E-state index contributed by atoms with van der Waals surface area (Å²) in [5.41, 5.74) is 0.621. The highest BCUT2D eigenvalue weighted by atomic mass is 35.6. The second-order valence-electron chi connectivity index (χ2n) is 19.4. The monoisotopic (exact) mass is 1120 g/mol. The number of methoxy groups -OCH3 is 1. The average molecular weight is 1120 g/mol. The first-order chi connectivity index (χ1) is 35.6. The molecule has 3 heterocycles. The van der Waals surface area contributed by atoms with E-state index in [0.29, 0.717) is 24.8 Å². The molecule has 3 aliphatic heterocycles. The van der Waals surface area contributed by atoms with E-state index in [0.717, 1.165) is 24.2 Å². The zero-order valence-electron chi connectivity index (χ0n) is 42.9. The van der Waals surface area contributed by atoms with Gasteiger partial charge < -0.3 is 61.9 Å². The fourth-order valence-electron chi connectivity index (χ4n) is 9.41. The van der Waals surface area contributed by atoms with Gasteiger partial charge in [0.25, 0.3) is 18.0 Å². The summed E-state index contributed by atoms with van der Waals surface area (Å²) in [6.07, 6.45) is -12.9. The number of unbranched alkanes of at least 4 members (excludes halogenated alkanes) is 2. The molecular weight excluding hydrogens is 1060 g/mol. The molecule has 3 fully saturated rings. The maximum atomic E-state index is 13.8. The zero-order chi connectivity index (χ0) is 54.5. The summed E-state index contributed by atoms with van der Waals surface area (Å²) in [5, 5.41) is 3.97. The molecule has 3 saturated heterocycles. The molecule has 1 amide bonds. The van der Waals surface area contributed by atoms with Gasteiger partial charge in [-0.2, -0.15) is 0 Å². The second kappa shape index (κ2) is 27.2. The molecule has 3 aromatic carbocycles. The maximum Gasteiger partial charge on any atom is 0.306 e. The molecule has 0 bridgehead atoms. The molecule has 22 heteroatoms. The molecule has 3 aromatic rings. The lowest BCUT2D eigenvalue weighted by atomic mass is 9.94. The van der Waals surface area contributed by atoms with Gasteiger partial charge in [0.05, 0.1) is 26.7 Å². The Morgan fingerprint density at radius 2 is 1.27 bits per heavy atom. The summed E-state index contributed by atoms with van der Waals surface area (Å²) in [7, 11) is -2.10. The number of ketones is 1.